The predicted octanol–water partition coefficient (Wildman–Crippen LogP) is 3.30. The second-order valence-electron chi connectivity index (χ2n) is 5.44. The Morgan fingerprint density at radius 1 is 1.29 bits per heavy atom. The van der Waals surface area contributed by atoms with Gasteiger partial charge >= 0.3 is 5.97 Å². The smallest absolute Gasteiger partial charge is 0.337 e. The van der Waals surface area contributed by atoms with E-state index in [0.717, 1.165) is 37.8 Å². The molecule has 2 rings (SSSR count). The van der Waals surface area contributed by atoms with E-state index in [2.05, 4.69) is 4.72 Å². The highest BCUT2D eigenvalue weighted by molar-refractivity contribution is 7.89. The van der Waals surface area contributed by atoms with Crippen molar-refractivity contribution < 1.29 is 18.3 Å². The first-order valence-corrected chi connectivity index (χ1v) is 8.65. The Morgan fingerprint density at radius 2 is 1.86 bits per heavy atom. The average molecular weight is 352 g/mol. The number of carbonyl (C=O) groups is 1. The highest BCUT2D eigenvalue weighted by Crippen LogP contribution is 2.34. The van der Waals surface area contributed by atoms with Gasteiger partial charge in [0.15, 0.2) is 0 Å². The summed E-state index contributed by atoms with van der Waals surface area (Å²) in [6.45, 7) is 1.83. The van der Waals surface area contributed by atoms with Gasteiger partial charge < -0.3 is 5.11 Å². The molecule has 0 atom stereocenters. The summed E-state index contributed by atoms with van der Waals surface area (Å²) in [5, 5.41) is 8.73. The zero-order valence-electron chi connectivity index (χ0n) is 11.3. The van der Waals surface area contributed by atoms with Crippen LogP contribution in [-0.4, -0.2) is 25.0 Å². The van der Waals surface area contributed by atoms with E-state index in [-0.39, 0.29) is 20.5 Å². The van der Waals surface area contributed by atoms with Crippen molar-refractivity contribution in [1.82, 2.24) is 4.72 Å². The van der Waals surface area contributed by atoms with E-state index in [1.807, 2.05) is 6.92 Å². The van der Waals surface area contributed by atoms with Crippen molar-refractivity contribution in [3.8, 4) is 0 Å². The minimum atomic E-state index is -3.94. The largest absolute Gasteiger partial charge is 0.478 e. The summed E-state index contributed by atoms with van der Waals surface area (Å²) in [5.74, 6) is -1.33. The Kier molecular flexibility index (Phi) is 4.54. The van der Waals surface area contributed by atoms with Gasteiger partial charge in [0.2, 0.25) is 10.0 Å². The minimum absolute atomic E-state index is 0.00810. The van der Waals surface area contributed by atoms with Crippen molar-refractivity contribution >= 4 is 39.2 Å². The first kappa shape index (κ1) is 16.5. The number of carboxylic acids is 1. The first-order chi connectivity index (χ1) is 9.65. The third kappa shape index (κ3) is 3.51. The number of aromatic carboxylic acids is 1. The van der Waals surface area contributed by atoms with Crippen LogP contribution in [0.2, 0.25) is 10.0 Å². The summed E-state index contributed by atoms with van der Waals surface area (Å²) in [6.07, 6.45) is 3.36. The van der Waals surface area contributed by atoms with E-state index in [1.54, 1.807) is 0 Å². The van der Waals surface area contributed by atoms with E-state index in [4.69, 9.17) is 28.3 Å². The van der Waals surface area contributed by atoms with Gasteiger partial charge in [0.1, 0.15) is 4.90 Å². The van der Waals surface area contributed by atoms with Crippen molar-refractivity contribution in [2.45, 2.75) is 43.0 Å². The third-order valence-corrected chi connectivity index (χ3v) is 6.01. The summed E-state index contributed by atoms with van der Waals surface area (Å²) < 4.78 is 27.6. The lowest BCUT2D eigenvalue weighted by molar-refractivity contribution is 0.0697. The number of hydrogen-bond donors (Lipinski definition) is 2. The zero-order chi connectivity index (χ0) is 15.8. The Bertz CT molecular complexity index is 682. The number of rotatable bonds is 4. The topological polar surface area (TPSA) is 83.5 Å². The lowest BCUT2D eigenvalue weighted by Crippen LogP contribution is -2.43. The van der Waals surface area contributed by atoms with Gasteiger partial charge in [0, 0.05) is 10.6 Å². The van der Waals surface area contributed by atoms with E-state index in [9.17, 15) is 13.2 Å². The number of sulfonamides is 1. The maximum absolute atomic E-state index is 12.5. The fraction of sp³-hybridized carbons (Fsp3) is 0.462. The van der Waals surface area contributed by atoms with Crippen LogP contribution in [0, 0.1) is 0 Å². The van der Waals surface area contributed by atoms with Crippen LogP contribution < -0.4 is 4.72 Å². The van der Waals surface area contributed by atoms with Crippen LogP contribution in [0.1, 0.15) is 43.0 Å². The molecule has 0 heterocycles. The van der Waals surface area contributed by atoms with Crippen LogP contribution in [0.4, 0.5) is 0 Å². The molecule has 1 aromatic rings. The maximum Gasteiger partial charge on any atom is 0.337 e. The number of benzene rings is 1. The molecule has 1 aliphatic rings. The van der Waals surface area contributed by atoms with E-state index < -0.39 is 21.5 Å². The highest BCUT2D eigenvalue weighted by Gasteiger charge is 2.35. The molecule has 0 aliphatic heterocycles. The van der Waals surface area contributed by atoms with Crippen LogP contribution in [0.3, 0.4) is 0 Å². The third-order valence-electron chi connectivity index (χ3n) is 3.61. The predicted molar refractivity (Wildman–Crippen MR) is 80.6 cm³/mol. The maximum atomic E-state index is 12.5. The molecule has 8 heteroatoms. The van der Waals surface area contributed by atoms with Crippen LogP contribution in [-0.2, 0) is 10.0 Å². The van der Waals surface area contributed by atoms with Gasteiger partial charge in [-0.15, -0.1) is 0 Å². The molecule has 1 aliphatic carbocycles. The van der Waals surface area contributed by atoms with Crippen molar-refractivity contribution in [1.29, 1.82) is 0 Å². The molecule has 1 aromatic carbocycles. The molecule has 0 saturated heterocycles. The lowest BCUT2D eigenvalue weighted by Gasteiger charge is -2.25. The summed E-state index contributed by atoms with van der Waals surface area (Å²) in [7, 11) is -3.94. The molecule has 0 amide bonds. The van der Waals surface area contributed by atoms with Gasteiger partial charge in [-0.05, 0) is 31.9 Å². The zero-order valence-corrected chi connectivity index (χ0v) is 13.6. The number of nitrogens with one attached hydrogen (secondary N) is 1. The molecule has 2 N–H and O–H groups in total. The number of halogens is 2. The van der Waals surface area contributed by atoms with Gasteiger partial charge in [-0.1, -0.05) is 36.0 Å². The van der Waals surface area contributed by atoms with Gasteiger partial charge in [-0.2, -0.15) is 0 Å². The molecule has 0 bridgehead atoms. The molecular weight excluding hydrogens is 337 g/mol. The molecule has 0 spiro atoms. The van der Waals surface area contributed by atoms with Gasteiger partial charge in [0.05, 0.1) is 10.6 Å². The highest BCUT2D eigenvalue weighted by atomic mass is 35.5. The molecule has 1 saturated carbocycles. The van der Waals surface area contributed by atoms with Crippen LogP contribution in [0.15, 0.2) is 17.0 Å². The summed E-state index contributed by atoms with van der Waals surface area (Å²) in [6, 6.07) is 2.29. The Hall–Kier alpha value is -0.820. The van der Waals surface area contributed by atoms with E-state index in [0.29, 0.717) is 0 Å². The van der Waals surface area contributed by atoms with Gasteiger partial charge in [0.25, 0.3) is 0 Å². The van der Waals surface area contributed by atoms with Crippen LogP contribution >= 0.6 is 23.2 Å². The fourth-order valence-corrected chi connectivity index (χ4v) is 4.92. The van der Waals surface area contributed by atoms with Gasteiger partial charge in [-0.25, -0.2) is 17.9 Å². The second-order valence-corrected chi connectivity index (χ2v) is 7.91. The van der Waals surface area contributed by atoms with Crippen molar-refractivity contribution in [2.24, 2.45) is 0 Å². The lowest BCUT2D eigenvalue weighted by atomic mass is 10.0. The molecule has 116 valence electrons. The SMILES string of the molecule is CC1(NS(=O)(=O)c2cc(Cl)cc(C(=O)O)c2Cl)CCCC1. The Morgan fingerprint density at radius 3 is 2.38 bits per heavy atom. The Balaban J connectivity index is 2.47. The standard InChI is InChI=1S/C13H15Cl2NO4S/c1-13(4-2-3-5-13)16-21(19,20)10-7-8(14)6-9(11(10)15)12(17)18/h6-7,16H,2-5H2,1H3,(H,17,18). The fourth-order valence-electron chi connectivity index (χ4n) is 2.55. The van der Waals surface area contributed by atoms with E-state index in [1.165, 1.54) is 0 Å². The first-order valence-electron chi connectivity index (χ1n) is 6.41. The monoisotopic (exact) mass is 351 g/mol. The van der Waals surface area contributed by atoms with Crippen LogP contribution in [0.5, 0.6) is 0 Å². The second kappa shape index (κ2) is 5.76. The quantitative estimate of drug-likeness (QED) is 0.871. The summed E-state index contributed by atoms with van der Waals surface area (Å²) >= 11 is 11.7. The van der Waals surface area contributed by atoms with Crippen molar-refractivity contribution in [2.75, 3.05) is 0 Å². The average Bonchev–Trinajstić information content (AvgIpc) is 2.76. The molecule has 0 unspecified atom stereocenters. The number of carboxylic acid groups (broad SMARTS) is 1. The number of hydrogen-bond acceptors (Lipinski definition) is 3. The summed E-state index contributed by atoms with van der Waals surface area (Å²) in [5.41, 5.74) is -0.866. The molecule has 21 heavy (non-hydrogen) atoms. The van der Waals surface area contributed by atoms with E-state index >= 15 is 0 Å². The molecule has 1 fully saturated rings. The van der Waals surface area contributed by atoms with Crippen LogP contribution in [0.25, 0.3) is 0 Å². The van der Waals surface area contributed by atoms with Crippen molar-refractivity contribution in [3.05, 3.63) is 27.7 Å². The molecule has 0 aromatic heterocycles. The minimum Gasteiger partial charge on any atom is -0.478 e. The molecular formula is C13H15Cl2NO4S. The Labute approximate surface area is 133 Å². The van der Waals surface area contributed by atoms with Gasteiger partial charge in [-0.3, -0.25) is 0 Å². The normalized spacial score (nSPS) is 17.9. The molecule has 0 radical (unpaired) electrons. The molecule has 5 nitrogen and oxygen atoms in total. The van der Waals surface area contributed by atoms with Crippen molar-refractivity contribution in [3.63, 3.8) is 0 Å². The summed E-state index contributed by atoms with van der Waals surface area (Å²) in [4.78, 5) is 10.8.